The van der Waals surface area contributed by atoms with Crippen molar-refractivity contribution in [2.45, 2.75) is 47.6 Å². The zero-order valence-corrected chi connectivity index (χ0v) is 29.6. The Morgan fingerprint density at radius 1 is 0.960 bits per heavy atom. The van der Waals surface area contributed by atoms with Gasteiger partial charge in [0.25, 0.3) is 5.56 Å². The number of alkyl halides is 2. The predicted octanol–water partition coefficient (Wildman–Crippen LogP) is 3.49. The van der Waals surface area contributed by atoms with Gasteiger partial charge < -0.3 is 19.1 Å². The summed E-state index contributed by atoms with van der Waals surface area (Å²) in [6.45, 7) is -0.340. The van der Waals surface area contributed by atoms with Crippen LogP contribution in [0.1, 0.15) is 29.6 Å². The summed E-state index contributed by atoms with van der Waals surface area (Å²) in [6, 6.07) is 8.25. The molecule has 1 saturated carbocycles. The number of benzene rings is 2. The van der Waals surface area contributed by atoms with Gasteiger partial charge in [0.05, 0.1) is 37.8 Å². The molecule has 0 bridgehead atoms. The number of carbonyl (C=O) groups is 2. The van der Waals surface area contributed by atoms with Crippen LogP contribution in [0.15, 0.2) is 72.5 Å². The second kappa shape index (κ2) is 11.9. The summed E-state index contributed by atoms with van der Waals surface area (Å²) in [5, 5.41) is 9.78. The van der Waals surface area contributed by atoms with Crippen LogP contribution in [0.4, 0.5) is 0 Å². The minimum Gasteiger partial charge on any atom is -0.508 e. The van der Waals surface area contributed by atoms with E-state index in [0.29, 0.717) is 28.1 Å². The van der Waals surface area contributed by atoms with Crippen LogP contribution in [0.3, 0.4) is 0 Å². The molecule has 1 aliphatic heterocycles. The molecule has 2 aromatic carbocycles. The second-order valence-electron chi connectivity index (χ2n) is 12.2. The summed E-state index contributed by atoms with van der Waals surface area (Å²) >= 11 is 26.8. The van der Waals surface area contributed by atoms with E-state index in [-0.39, 0.29) is 36.5 Å². The van der Waals surface area contributed by atoms with E-state index in [1.807, 2.05) is 0 Å². The molecule has 0 amide bonds. The Balaban J connectivity index is 1.33. The molecule has 1 N–H and O–H groups in total. The lowest BCUT2D eigenvalue weighted by Gasteiger charge is -2.54. The number of allylic oxidation sites excluding steroid dienone is 4. The number of methoxy groups -OCH3 is 2. The van der Waals surface area contributed by atoms with Crippen LogP contribution in [0.5, 0.6) is 17.2 Å². The third kappa shape index (κ3) is 4.52. The summed E-state index contributed by atoms with van der Waals surface area (Å²) in [5.74, 6) is -2.55. The number of halogens is 4. The van der Waals surface area contributed by atoms with E-state index in [1.165, 1.54) is 40.3 Å². The fourth-order valence-corrected chi connectivity index (χ4v) is 8.89. The van der Waals surface area contributed by atoms with Crippen LogP contribution < -0.4 is 26.4 Å². The maximum Gasteiger partial charge on any atom is 0.347 e. The van der Waals surface area contributed by atoms with Gasteiger partial charge in [-0.25, -0.2) is 28.5 Å². The van der Waals surface area contributed by atoms with Gasteiger partial charge in [0.1, 0.15) is 31.3 Å². The molecule has 0 saturated heterocycles. The Hall–Kier alpha value is -4.30. The van der Waals surface area contributed by atoms with Crippen molar-refractivity contribution in [2.75, 3.05) is 14.2 Å². The molecule has 3 heterocycles. The number of aromatic hydroxyl groups is 1. The molecule has 7 rings (SSSR count). The highest BCUT2D eigenvalue weighted by Gasteiger charge is 2.71. The number of carbonyl (C=O) groups excluding carboxylic acids is 2. The number of nitrogens with zero attached hydrogens (tertiary/aromatic N) is 5. The van der Waals surface area contributed by atoms with Crippen LogP contribution in [-0.2, 0) is 36.1 Å². The Morgan fingerprint density at radius 2 is 1.62 bits per heavy atom. The van der Waals surface area contributed by atoms with Crippen molar-refractivity contribution in [3.63, 3.8) is 0 Å². The van der Waals surface area contributed by atoms with Crippen LogP contribution in [0.2, 0.25) is 0 Å². The summed E-state index contributed by atoms with van der Waals surface area (Å²) in [6.07, 6.45) is 1.12. The van der Waals surface area contributed by atoms with E-state index in [4.69, 9.17) is 55.9 Å². The Morgan fingerprint density at radius 3 is 2.30 bits per heavy atom. The Labute approximate surface area is 302 Å². The fraction of sp³-hybridized carbons (Fsp3) is 0.333. The maximum atomic E-state index is 14.2. The first-order valence-corrected chi connectivity index (χ1v) is 16.8. The van der Waals surface area contributed by atoms with E-state index >= 15 is 0 Å². The van der Waals surface area contributed by atoms with Crippen molar-refractivity contribution in [1.82, 2.24) is 23.5 Å². The van der Waals surface area contributed by atoms with Crippen molar-refractivity contribution in [3.05, 3.63) is 101 Å². The number of rotatable bonds is 6. The van der Waals surface area contributed by atoms with Crippen LogP contribution in [0, 0.1) is 0 Å². The highest BCUT2D eigenvalue weighted by molar-refractivity contribution is 6.66. The number of ketones is 2. The van der Waals surface area contributed by atoms with Gasteiger partial charge in [-0.3, -0.25) is 14.4 Å². The zero-order chi connectivity index (χ0) is 36.0. The molecular formula is C33H27Cl4N5O8. The number of phenolic OH excluding ortho intramolecular Hbond substituents is 1. The lowest BCUT2D eigenvalue weighted by molar-refractivity contribution is -0.128. The first kappa shape index (κ1) is 34.2. The number of ether oxygens (including phenoxy) is 2. The lowest BCUT2D eigenvalue weighted by Crippen LogP contribution is -2.67. The maximum absolute atomic E-state index is 14.2. The lowest BCUT2D eigenvalue weighted by atomic mass is 9.59. The number of Topliss-reactive ketones (excluding diaryl/α,β-unsaturated/α-hetero) is 2. The van der Waals surface area contributed by atoms with Gasteiger partial charge in [-0.1, -0.05) is 47.5 Å². The predicted molar refractivity (Wildman–Crippen MR) is 185 cm³/mol. The van der Waals surface area contributed by atoms with Gasteiger partial charge in [-0.05, 0) is 11.6 Å². The van der Waals surface area contributed by atoms with Crippen molar-refractivity contribution in [1.29, 1.82) is 0 Å². The van der Waals surface area contributed by atoms with Gasteiger partial charge in [-0.15, -0.1) is 23.2 Å². The summed E-state index contributed by atoms with van der Waals surface area (Å²) in [7, 11) is 4.52. The molecule has 3 aliphatic rings. The van der Waals surface area contributed by atoms with E-state index in [0.717, 1.165) is 4.57 Å². The number of aromatic nitrogens is 5. The van der Waals surface area contributed by atoms with E-state index in [1.54, 1.807) is 37.4 Å². The van der Waals surface area contributed by atoms with Gasteiger partial charge in [0.2, 0.25) is 0 Å². The van der Waals surface area contributed by atoms with Crippen molar-refractivity contribution in [3.8, 4) is 17.2 Å². The highest BCUT2D eigenvalue weighted by atomic mass is 35.5. The van der Waals surface area contributed by atoms with E-state index in [2.05, 4.69) is 4.98 Å². The fourth-order valence-electron chi connectivity index (χ4n) is 7.38. The van der Waals surface area contributed by atoms with Gasteiger partial charge in [-0.2, -0.15) is 0 Å². The normalized spacial score (nSPS) is 24.5. The molecule has 2 aliphatic carbocycles. The van der Waals surface area contributed by atoms with Crippen molar-refractivity contribution >= 4 is 69.0 Å². The second-order valence-corrected chi connectivity index (χ2v) is 14.2. The van der Waals surface area contributed by atoms with Gasteiger partial charge in [0, 0.05) is 50.0 Å². The summed E-state index contributed by atoms with van der Waals surface area (Å²) in [5.41, 5.74) is -0.342. The number of hydrogen-bond acceptors (Lipinski definition) is 9. The van der Waals surface area contributed by atoms with Crippen LogP contribution in [-0.4, -0.2) is 64.1 Å². The standard InChI is InChI=1S/C33H27Cl4N5O8/c1-39-19-13-23(50-3)22(49-2)12-18(19)38-17(29(39)46)9-10-40-30(47)41-11-8-15-20(42(41)31(40)48)14-32(36)27(44)25(34)26(35)28(45)33(32,37)24(15)16-6-4-5-7-21(16)43/h4-8,12-13,20,24,43H,9-11,14H2,1-3H3/t20-,24-,32-,33+/m1/s1. The topological polar surface area (TPSA) is 157 Å². The smallest absolute Gasteiger partial charge is 0.347 e. The number of aryl methyl sites for hydroxylation is 2. The molecule has 13 nitrogen and oxygen atoms in total. The molecule has 4 aromatic rings. The molecule has 4 atom stereocenters. The molecule has 0 spiro atoms. The van der Waals surface area contributed by atoms with Crippen molar-refractivity contribution in [2.24, 2.45) is 7.05 Å². The molecular weight excluding hydrogens is 736 g/mol. The largest absolute Gasteiger partial charge is 0.508 e. The number of para-hydroxylation sites is 1. The van der Waals surface area contributed by atoms with E-state index < -0.39 is 66.7 Å². The Bertz CT molecular complexity index is 2430. The number of fused-ring (bicyclic) bond motifs is 5. The van der Waals surface area contributed by atoms with Crippen LogP contribution >= 0.6 is 46.4 Å². The molecule has 0 unspecified atom stereocenters. The van der Waals surface area contributed by atoms with Crippen LogP contribution in [0.25, 0.3) is 11.0 Å². The third-order valence-electron chi connectivity index (χ3n) is 9.85. The molecule has 260 valence electrons. The quantitative estimate of drug-likeness (QED) is 0.230. The Kier molecular flexibility index (Phi) is 8.13. The van der Waals surface area contributed by atoms with Crippen molar-refractivity contribution < 1.29 is 24.2 Å². The minimum absolute atomic E-state index is 0.0856. The van der Waals surface area contributed by atoms with Gasteiger partial charge >= 0.3 is 11.4 Å². The molecule has 2 aromatic heterocycles. The third-order valence-corrected chi connectivity index (χ3v) is 12.1. The van der Waals surface area contributed by atoms with Gasteiger partial charge in [0.15, 0.2) is 23.1 Å². The monoisotopic (exact) mass is 761 g/mol. The number of hydrogen-bond donors (Lipinski definition) is 1. The highest BCUT2D eigenvalue weighted by Crippen LogP contribution is 2.64. The SMILES string of the molecule is COc1cc2nc(CCn3c(=O)n4n(c3=O)[C@@H]3C[C@@]5(Cl)C(=O)C(Cl)=C(Cl)C(=O)[C@@]5(Cl)[C@@H](c5ccccc5O)C3=CC4)c(=O)n(C)c2cc1OC. The summed E-state index contributed by atoms with van der Waals surface area (Å²) in [4.78, 5) is 68.9. The minimum atomic E-state index is -2.26. The average molecular weight is 763 g/mol. The molecule has 1 fully saturated rings. The molecule has 17 heteroatoms. The summed E-state index contributed by atoms with van der Waals surface area (Å²) < 4.78 is 15.4. The molecule has 0 radical (unpaired) electrons. The zero-order valence-electron chi connectivity index (χ0n) is 26.6. The number of phenols is 1. The first-order valence-electron chi connectivity index (χ1n) is 15.3. The van der Waals surface area contributed by atoms with E-state index in [9.17, 15) is 29.1 Å². The molecule has 50 heavy (non-hydrogen) atoms. The first-order chi connectivity index (χ1) is 23.7. The average Bonchev–Trinajstić information content (AvgIpc) is 3.36.